The fraction of sp³-hybridized carbons (Fsp3) is 0.400. The number of hydrogen-bond acceptors (Lipinski definition) is 2. The van der Waals surface area contributed by atoms with E-state index in [1.54, 1.807) is 0 Å². The van der Waals surface area contributed by atoms with Crippen LogP contribution in [0.25, 0.3) is 0 Å². The Morgan fingerprint density at radius 3 is 2.69 bits per heavy atom. The number of rotatable bonds is 1. The van der Waals surface area contributed by atoms with Gasteiger partial charge in [0, 0.05) is 11.0 Å². The minimum absolute atomic E-state index is 0.0990. The number of nitrogens with zero attached hydrogens (tertiary/aromatic N) is 1. The zero-order chi connectivity index (χ0) is 11.9. The molecule has 0 aromatic heterocycles. The Labute approximate surface area is 102 Å². The molecule has 0 aliphatic carbocycles. The zero-order valence-corrected chi connectivity index (χ0v) is 11.1. The lowest BCUT2D eigenvalue weighted by Gasteiger charge is -2.18. The van der Waals surface area contributed by atoms with Gasteiger partial charge < -0.3 is 0 Å². The molecule has 1 aliphatic rings. The van der Waals surface area contributed by atoms with Gasteiger partial charge in [-0.15, -0.1) is 0 Å². The first-order valence-corrected chi connectivity index (χ1v) is 7.26. The third-order valence-corrected chi connectivity index (χ3v) is 5.13. The highest BCUT2D eigenvalue weighted by Crippen LogP contribution is 2.33. The van der Waals surface area contributed by atoms with Gasteiger partial charge in [-0.3, -0.25) is 4.31 Å². The van der Waals surface area contributed by atoms with Crippen LogP contribution in [0.2, 0.25) is 0 Å². The molecule has 88 valence electrons. The van der Waals surface area contributed by atoms with Crippen molar-refractivity contribution in [2.75, 3.05) is 16.6 Å². The highest BCUT2D eigenvalue weighted by atomic mass is 79.9. The minimum Gasteiger partial charge on any atom is -0.269 e. The van der Waals surface area contributed by atoms with Gasteiger partial charge in [0.15, 0.2) is 0 Å². The number of halogens is 2. The van der Waals surface area contributed by atoms with Crippen molar-refractivity contribution in [2.45, 2.75) is 6.92 Å². The van der Waals surface area contributed by atoms with Crippen molar-refractivity contribution in [1.29, 1.82) is 0 Å². The van der Waals surface area contributed by atoms with Crippen LogP contribution < -0.4 is 4.31 Å². The second kappa shape index (κ2) is 4.00. The Kier molecular flexibility index (Phi) is 2.96. The molecule has 1 aromatic rings. The van der Waals surface area contributed by atoms with Gasteiger partial charge in [0.1, 0.15) is 5.82 Å². The van der Waals surface area contributed by atoms with Gasteiger partial charge in [-0.2, -0.15) is 0 Å². The third kappa shape index (κ3) is 2.08. The van der Waals surface area contributed by atoms with Gasteiger partial charge in [0.2, 0.25) is 10.0 Å². The van der Waals surface area contributed by atoms with Crippen molar-refractivity contribution in [2.24, 2.45) is 5.92 Å². The van der Waals surface area contributed by atoms with Crippen molar-refractivity contribution >= 4 is 31.6 Å². The molecule has 2 rings (SSSR count). The van der Waals surface area contributed by atoms with Crippen molar-refractivity contribution in [1.82, 2.24) is 0 Å². The van der Waals surface area contributed by atoms with Gasteiger partial charge in [0.25, 0.3) is 0 Å². The van der Waals surface area contributed by atoms with Crippen LogP contribution in [0.4, 0.5) is 10.1 Å². The Morgan fingerprint density at radius 1 is 1.50 bits per heavy atom. The summed E-state index contributed by atoms with van der Waals surface area (Å²) in [5.74, 6) is -0.140. The normalized spacial score (nSPS) is 23.7. The van der Waals surface area contributed by atoms with Crippen molar-refractivity contribution in [3.8, 4) is 0 Å². The van der Waals surface area contributed by atoms with E-state index in [1.165, 1.54) is 22.5 Å². The first-order chi connectivity index (χ1) is 7.40. The highest BCUT2D eigenvalue weighted by Gasteiger charge is 2.34. The molecule has 1 heterocycles. The van der Waals surface area contributed by atoms with E-state index in [1.807, 2.05) is 6.92 Å². The molecule has 1 unspecified atom stereocenters. The minimum atomic E-state index is -3.24. The van der Waals surface area contributed by atoms with E-state index < -0.39 is 10.0 Å². The van der Waals surface area contributed by atoms with Gasteiger partial charge in [-0.25, -0.2) is 12.8 Å². The molecule has 1 fully saturated rings. The van der Waals surface area contributed by atoms with Crippen LogP contribution in [0.5, 0.6) is 0 Å². The lowest BCUT2D eigenvalue weighted by Crippen LogP contribution is -2.25. The monoisotopic (exact) mass is 307 g/mol. The van der Waals surface area contributed by atoms with Crippen LogP contribution in [-0.4, -0.2) is 20.7 Å². The molecule has 0 spiro atoms. The molecule has 6 heteroatoms. The molecule has 0 bridgehead atoms. The van der Waals surface area contributed by atoms with Crippen LogP contribution in [0.15, 0.2) is 22.7 Å². The maximum absolute atomic E-state index is 12.9. The van der Waals surface area contributed by atoms with Crippen molar-refractivity contribution in [3.05, 3.63) is 28.5 Å². The molecule has 1 saturated heterocycles. The smallest absolute Gasteiger partial charge is 0.235 e. The molecule has 0 N–H and O–H groups in total. The molecule has 1 aromatic carbocycles. The standard InChI is InChI=1S/C10H11BrFNO2S/c1-7-5-13(16(14,15)6-7)10-3-2-8(12)4-9(10)11/h2-4,7H,5-6H2,1H3. The maximum Gasteiger partial charge on any atom is 0.235 e. The molecule has 0 saturated carbocycles. The SMILES string of the molecule is CC1CN(c2ccc(F)cc2Br)S(=O)(=O)C1. The summed E-state index contributed by atoms with van der Waals surface area (Å²) in [7, 11) is -3.24. The second-order valence-electron chi connectivity index (χ2n) is 4.01. The largest absolute Gasteiger partial charge is 0.269 e. The summed E-state index contributed by atoms with van der Waals surface area (Å²) < 4.78 is 38.3. The molecule has 0 amide bonds. The fourth-order valence-corrected chi connectivity index (χ4v) is 4.46. The zero-order valence-electron chi connectivity index (χ0n) is 8.65. The topological polar surface area (TPSA) is 37.4 Å². The number of hydrogen-bond donors (Lipinski definition) is 0. The Morgan fingerprint density at radius 2 is 2.19 bits per heavy atom. The molecule has 1 atom stereocenters. The summed E-state index contributed by atoms with van der Waals surface area (Å²) in [6.07, 6.45) is 0. The van der Waals surface area contributed by atoms with Gasteiger partial charge >= 0.3 is 0 Å². The lowest BCUT2D eigenvalue weighted by atomic mass is 10.2. The third-order valence-electron chi connectivity index (χ3n) is 2.49. The maximum atomic E-state index is 12.9. The summed E-state index contributed by atoms with van der Waals surface area (Å²) in [4.78, 5) is 0. The lowest BCUT2D eigenvalue weighted by molar-refractivity contribution is 0.597. The summed E-state index contributed by atoms with van der Waals surface area (Å²) in [5, 5.41) is 0. The van der Waals surface area contributed by atoms with E-state index in [2.05, 4.69) is 15.9 Å². The van der Waals surface area contributed by atoms with E-state index in [9.17, 15) is 12.8 Å². The van der Waals surface area contributed by atoms with Crippen molar-refractivity contribution in [3.63, 3.8) is 0 Å². The van der Waals surface area contributed by atoms with Crippen LogP contribution in [0.3, 0.4) is 0 Å². The van der Waals surface area contributed by atoms with Crippen LogP contribution in [0, 0.1) is 11.7 Å². The summed E-state index contributed by atoms with van der Waals surface area (Å²) in [6, 6.07) is 4.02. The number of sulfonamides is 1. The Hall–Kier alpha value is -0.620. The quantitative estimate of drug-likeness (QED) is 0.799. The summed E-state index contributed by atoms with van der Waals surface area (Å²) >= 11 is 3.18. The van der Waals surface area contributed by atoms with E-state index in [0.29, 0.717) is 16.7 Å². The predicted molar refractivity (Wildman–Crippen MR) is 64.4 cm³/mol. The van der Waals surface area contributed by atoms with Crippen molar-refractivity contribution < 1.29 is 12.8 Å². The average Bonchev–Trinajstić information content (AvgIpc) is 2.39. The second-order valence-corrected chi connectivity index (χ2v) is 6.80. The molecular formula is C10H11BrFNO2S. The van der Waals surface area contributed by atoms with Gasteiger partial charge in [0.05, 0.1) is 11.4 Å². The van der Waals surface area contributed by atoms with Gasteiger partial charge in [-0.05, 0) is 40.0 Å². The van der Waals surface area contributed by atoms with E-state index in [4.69, 9.17) is 0 Å². The number of benzene rings is 1. The first kappa shape index (κ1) is 11.9. The first-order valence-electron chi connectivity index (χ1n) is 4.85. The fourth-order valence-electron chi connectivity index (χ4n) is 1.83. The van der Waals surface area contributed by atoms with E-state index in [0.717, 1.165) is 0 Å². The van der Waals surface area contributed by atoms with E-state index >= 15 is 0 Å². The highest BCUT2D eigenvalue weighted by molar-refractivity contribution is 9.10. The van der Waals surface area contributed by atoms with E-state index in [-0.39, 0.29) is 17.5 Å². The Balaban J connectivity index is 2.45. The van der Waals surface area contributed by atoms with Crippen LogP contribution in [0.1, 0.15) is 6.92 Å². The van der Waals surface area contributed by atoms with Gasteiger partial charge in [-0.1, -0.05) is 6.92 Å². The number of anilines is 1. The molecule has 3 nitrogen and oxygen atoms in total. The summed E-state index contributed by atoms with van der Waals surface area (Å²) in [6.45, 7) is 2.33. The predicted octanol–water partition coefficient (Wildman–Crippen LogP) is 2.37. The summed E-state index contributed by atoms with van der Waals surface area (Å²) in [5.41, 5.74) is 0.505. The molecule has 16 heavy (non-hydrogen) atoms. The van der Waals surface area contributed by atoms with Crippen LogP contribution in [-0.2, 0) is 10.0 Å². The molecular weight excluding hydrogens is 297 g/mol. The van der Waals surface area contributed by atoms with Crippen LogP contribution >= 0.6 is 15.9 Å². The Bertz CT molecular complexity index is 518. The molecule has 1 aliphatic heterocycles. The molecule has 0 radical (unpaired) electrons. The average molecular weight is 308 g/mol.